The molecule has 0 radical (unpaired) electrons. The summed E-state index contributed by atoms with van der Waals surface area (Å²) in [6, 6.07) is -0.327. The predicted molar refractivity (Wildman–Crippen MR) is 83.9 cm³/mol. The maximum Gasteiger partial charge on any atom is 0.246 e. The number of piperazine rings is 1. The van der Waals surface area contributed by atoms with Gasteiger partial charge in [-0.1, -0.05) is 5.16 Å². The van der Waals surface area contributed by atoms with E-state index in [9.17, 15) is 4.79 Å². The topological polar surface area (TPSA) is 103 Å². The molecule has 2 aliphatic heterocycles. The zero-order valence-electron chi connectivity index (χ0n) is 13.7. The van der Waals surface area contributed by atoms with Gasteiger partial charge >= 0.3 is 0 Å². The first-order valence-corrected chi connectivity index (χ1v) is 8.26. The molecule has 9 nitrogen and oxygen atoms in total. The molecule has 1 fully saturated rings. The van der Waals surface area contributed by atoms with Gasteiger partial charge in [-0.25, -0.2) is 4.98 Å². The van der Waals surface area contributed by atoms with E-state index in [-0.39, 0.29) is 11.9 Å². The normalized spacial score (nSPS) is 21.7. The molecule has 0 saturated carbocycles. The first-order chi connectivity index (χ1) is 11.7. The summed E-state index contributed by atoms with van der Waals surface area (Å²) in [6.07, 6.45) is 2.56. The summed E-state index contributed by atoms with van der Waals surface area (Å²) >= 11 is 0. The Labute approximate surface area is 139 Å². The van der Waals surface area contributed by atoms with Gasteiger partial charge in [-0.3, -0.25) is 9.69 Å². The Balaban J connectivity index is 1.35. The van der Waals surface area contributed by atoms with Crippen LogP contribution in [0.2, 0.25) is 0 Å². The number of nitrogens with zero attached hydrogens (tertiary/aromatic N) is 5. The number of aryl methyl sites for hydroxylation is 1. The number of H-pyrrole nitrogens is 1. The molecule has 9 heteroatoms. The number of rotatable bonds is 3. The molecule has 128 valence electrons. The van der Waals surface area contributed by atoms with E-state index in [0.29, 0.717) is 31.3 Å². The molecule has 24 heavy (non-hydrogen) atoms. The maximum atomic E-state index is 12.8. The quantitative estimate of drug-likeness (QED) is 0.791. The Kier molecular flexibility index (Phi) is 4.03. The van der Waals surface area contributed by atoms with Crippen LogP contribution < -0.4 is 5.32 Å². The van der Waals surface area contributed by atoms with Crippen LogP contribution in [0, 0.1) is 6.92 Å². The van der Waals surface area contributed by atoms with Gasteiger partial charge in [-0.15, -0.1) is 0 Å². The van der Waals surface area contributed by atoms with Gasteiger partial charge in [0.1, 0.15) is 6.04 Å². The Hall–Kier alpha value is -2.26. The van der Waals surface area contributed by atoms with Crippen molar-refractivity contribution in [3.63, 3.8) is 0 Å². The van der Waals surface area contributed by atoms with Crippen LogP contribution in [0.15, 0.2) is 10.9 Å². The summed E-state index contributed by atoms with van der Waals surface area (Å²) in [5, 5.41) is 7.22. The van der Waals surface area contributed by atoms with Crippen molar-refractivity contribution >= 4 is 5.91 Å². The van der Waals surface area contributed by atoms with Crippen LogP contribution in [0.1, 0.15) is 29.1 Å². The van der Waals surface area contributed by atoms with Crippen molar-refractivity contribution in [3.05, 3.63) is 29.4 Å². The van der Waals surface area contributed by atoms with Crippen LogP contribution >= 0.6 is 0 Å². The molecule has 2 aromatic heterocycles. The third-order valence-electron chi connectivity index (χ3n) is 4.61. The Morgan fingerprint density at radius 3 is 2.96 bits per heavy atom. The average molecular weight is 331 g/mol. The van der Waals surface area contributed by atoms with Gasteiger partial charge in [-0.2, -0.15) is 4.98 Å². The molecular weight excluding hydrogens is 310 g/mol. The second-order valence-electron chi connectivity index (χ2n) is 6.23. The van der Waals surface area contributed by atoms with Crippen molar-refractivity contribution in [2.75, 3.05) is 32.7 Å². The standard InChI is InChI=1S/C15H21N7O2/c1-10-19-12(20-24-10)8-21-4-6-22(7-5-21)15(23)14-13-11(2-3-16-14)17-9-18-13/h9,14,16H,2-8H2,1H3,(H,17,18). The molecule has 0 bridgehead atoms. The Morgan fingerprint density at radius 2 is 2.21 bits per heavy atom. The van der Waals surface area contributed by atoms with Gasteiger partial charge in [-0.05, 0) is 0 Å². The summed E-state index contributed by atoms with van der Waals surface area (Å²) in [7, 11) is 0. The van der Waals surface area contributed by atoms with Crippen LogP contribution in [-0.4, -0.2) is 68.5 Å². The average Bonchev–Trinajstić information content (AvgIpc) is 3.23. The predicted octanol–water partition coefficient (Wildman–Crippen LogP) is -0.368. The highest BCUT2D eigenvalue weighted by Gasteiger charge is 2.33. The number of nitrogens with one attached hydrogen (secondary N) is 2. The smallest absolute Gasteiger partial charge is 0.246 e. The molecule has 2 aliphatic rings. The van der Waals surface area contributed by atoms with Crippen LogP contribution in [-0.2, 0) is 17.8 Å². The van der Waals surface area contributed by atoms with E-state index in [0.717, 1.165) is 37.4 Å². The van der Waals surface area contributed by atoms with E-state index in [1.54, 1.807) is 13.3 Å². The van der Waals surface area contributed by atoms with Crippen molar-refractivity contribution in [3.8, 4) is 0 Å². The minimum absolute atomic E-state index is 0.109. The highest BCUT2D eigenvalue weighted by Crippen LogP contribution is 2.22. The number of aromatic nitrogens is 4. The molecule has 1 atom stereocenters. The summed E-state index contributed by atoms with van der Waals surface area (Å²) in [6.45, 7) is 6.25. The fraction of sp³-hybridized carbons (Fsp3) is 0.600. The molecule has 0 aromatic carbocycles. The fourth-order valence-electron chi connectivity index (χ4n) is 3.34. The van der Waals surface area contributed by atoms with E-state index in [4.69, 9.17) is 4.52 Å². The number of hydrogen-bond acceptors (Lipinski definition) is 7. The highest BCUT2D eigenvalue weighted by molar-refractivity contribution is 5.83. The number of imidazole rings is 1. The summed E-state index contributed by atoms with van der Waals surface area (Å²) < 4.78 is 5.00. The number of amides is 1. The maximum absolute atomic E-state index is 12.8. The van der Waals surface area contributed by atoms with Crippen molar-refractivity contribution in [1.29, 1.82) is 0 Å². The van der Waals surface area contributed by atoms with Crippen molar-refractivity contribution in [1.82, 2.24) is 35.2 Å². The third-order valence-corrected chi connectivity index (χ3v) is 4.61. The molecule has 2 aromatic rings. The number of aromatic amines is 1. The van der Waals surface area contributed by atoms with Gasteiger partial charge in [0.25, 0.3) is 0 Å². The number of carbonyl (C=O) groups is 1. The second kappa shape index (κ2) is 6.33. The van der Waals surface area contributed by atoms with Gasteiger partial charge < -0.3 is 19.7 Å². The molecule has 4 rings (SSSR count). The van der Waals surface area contributed by atoms with Gasteiger partial charge in [0.2, 0.25) is 11.8 Å². The zero-order valence-corrected chi connectivity index (χ0v) is 13.7. The second-order valence-corrected chi connectivity index (χ2v) is 6.23. The summed E-state index contributed by atoms with van der Waals surface area (Å²) in [5.41, 5.74) is 1.91. The molecule has 1 unspecified atom stereocenters. The summed E-state index contributed by atoms with van der Waals surface area (Å²) in [4.78, 5) is 28.7. The molecule has 0 spiro atoms. The lowest BCUT2D eigenvalue weighted by atomic mass is 10.0. The van der Waals surface area contributed by atoms with Gasteiger partial charge in [0, 0.05) is 51.8 Å². The van der Waals surface area contributed by atoms with Crippen LogP contribution in [0.4, 0.5) is 0 Å². The van der Waals surface area contributed by atoms with E-state index < -0.39 is 0 Å². The minimum Gasteiger partial charge on any atom is -0.348 e. The van der Waals surface area contributed by atoms with E-state index in [1.165, 1.54) is 0 Å². The minimum atomic E-state index is -0.327. The first-order valence-electron chi connectivity index (χ1n) is 8.26. The molecule has 1 saturated heterocycles. The molecule has 0 aliphatic carbocycles. The molecule has 2 N–H and O–H groups in total. The van der Waals surface area contributed by atoms with E-state index in [2.05, 4.69) is 30.3 Å². The van der Waals surface area contributed by atoms with Gasteiger partial charge in [0.15, 0.2) is 5.82 Å². The van der Waals surface area contributed by atoms with Crippen molar-refractivity contribution < 1.29 is 9.32 Å². The Bertz CT molecular complexity index is 717. The van der Waals surface area contributed by atoms with Crippen molar-refractivity contribution in [2.45, 2.75) is 25.9 Å². The van der Waals surface area contributed by atoms with Gasteiger partial charge in [0.05, 0.1) is 18.6 Å². The first kappa shape index (κ1) is 15.3. The zero-order chi connectivity index (χ0) is 16.5. The lowest BCUT2D eigenvalue weighted by Gasteiger charge is -2.36. The highest BCUT2D eigenvalue weighted by atomic mass is 16.5. The Morgan fingerprint density at radius 1 is 1.38 bits per heavy atom. The number of fused-ring (bicyclic) bond motifs is 1. The monoisotopic (exact) mass is 331 g/mol. The number of hydrogen-bond donors (Lipinski definition) is 2. The molecule has 1 amide bonds. The van der Waals surface area contributed by atoms with Crippen LogP contribution in [0.3, 0.4) is 0 Å². The lowest BCUT2D eigenvalue weighted by Crippen LogP contribution is -2.52. The van der Waals surface area contributed by atoms with E-state index >= 15 is 0 Å². The lowest BCUT2D eigenvalue weighted by molar-refractivity contribution is -0.135. The fourth-order valence-corrected chi connectivity index (χ4v) is 3.34. The summed E-state index contributed by atoms with van der Waals surface area (Å²) in [5.74, 6) is 1.39. The van der Waals surface area contributed by atoms with Crippen molar-refractivity contribution in [2.24, 2.45) is 0 Å². The third kappa shape index (κ3) is 2.92. The number of carbonyl (C=O) groups excluding carboxylic acids is 1. The largest absolute Gasteiger partial charge is 0.348 e. The van der Waals surface area contributed by atoms with Crippen LogP contribution in [0.25, 0.3) is 0 Å². The molecular formula is C15H21N7O2. The van der Waals surface area contributed by atoms with Crippen LogP contribution in [0.5, 0.6) is 0 Å². The SMILES string of the molecule is Cc1nc(CN2CCN(C(=O)C3NCCc4[nH]cnc43)CC2)no1. The molecule has 4 heterocycles. The van der Waals surface area contributed by atoms with E-state index in [1.807, 2.05) is 4.90 Å².